The molecule has 10 heteroatoms. The maximum absolute atomic E-state index is 13.6. The number of carbonyl (C=O) groups excluding carboxylic acids is 1. The van der Waals surface area contributed by atoms with Crippen LogP contribution < -0.4 is 4.90 Å². The number of rotatable bonds is 9. The third-order valence-electron chi connectivity index (χ3n) is 6.40. The van der Waals surface area contributed by atoms with E-state index in [1.54, 1.807) is 23.1 Å². The summed E-state index contributed by atoms with van der Waals surface area (Å²) in [6, 6.07) is 11.8. The standard InChI is InChI=1S/C25H31ClN4O3S2/c1-3-28(4-2)16-17-30(25-27-22-13-10-20(26)18-23(22)34-25)24(31)19-8-11-21(12-9-19)35(32,33)29-14-6-5-7-15-29/h8-13,18H,3-7,14-17H2,1-2H3. The Morgan fingerprint density at radius 1 is 1.03 bits per heavy atom. The molecule has 1 fully saturated rings. The average Bonchev–Trinajstić information content (AvgIpc) is 3.29. The molecule has 0 unspecified atom stereocenters. The fourth-order valence-corrected chi connectivity index (χ4v) is 7.03. The van der Waals surface area contributed by atoms with Gasteiger partial charge in [-0.25, -0.2) is 13.4 Å². The van der Waals surface area contributed by atoms with Crippen LogP contribution in [0.15, 0.2) is 47.4 Å². The number of aromatic nitrogens is 1. The first kappa shape index (κ1) is 26.0. The lowest BCUT2D eigenvalue weighted by Gasteiger charge is -2.26. The first-order chi connectivity index (χ1) is 16.8. The molecule has 0 atom stereocenters. The molecule has 1 amide bonds. The minimum Gasteiger partial charge on any atom is -0.302 e. The number of likely N-dealkylation sites (N-methyl/N-ethyl adjacent to an activating group) is 1. The predicted molar refractivity (Wildman–Crippen MR) is 143 cm³/mol. The summed E-state index contributed by atoms with van der Waals surface area (Å²) in [5.41, 5.74) is 1.22. The second-order valence-electron chi connectivity index (χ2n) is 8.58. The smallest absolute Gasteiger partial charge is 0.260 e. The molecule has 0 aliphatic carbocycles. The van der Waals surface area contributed by atoms with Crippen LogP contribution in [0.2, 0.25) is 5.02 Å². The zero-order valence-corrected chi connectivity index (χ0v) is 22.5. The molecule has 1 aliphatic heterocycles. The van der Waals surface area contributed by atoms with Gasteiger partial charge in [-0.2, -0.15) is 4.31 Å². The number of fused-ring (bicyclic) bond motifs is 1. The van der Waals surface area contributed by atoms with Crippen LogP contribution in [0, 0.1) is 0 Å². The molecule has 188 valence electrons. The van der Waals surface area contributed by atoms with Crippen molar-refractivity contribution >= 4 is 54.2 Å². The number of hydrogen-bond donors (Lipinski definition) is 0. The summed E-state index contributed by atoms with van der Waals surface area (Å²) in [5, 5.41) is 1.23. The van der Waals surface area contributed by atoms with Crippen LogP contribution in [0.25, 0.3) is 10.2 Å². The Bertz CT molecular complexity index is 1270. The largest absolute Gasteiger partial charge is 0.302 e. The number of thiazole rings is 1. The molecule has 2 aromatic carbocycles. The van der Waals surface area contributed by atoms with Crippen molar-refractivity contribution < 1.29 is 13.2 Å². The molecule has 1 aromatic heterocycles. The van der Waals surface area contributed by atoms with Crippen molar-refractivity contribution in [1.82, 2.24) is 14.2 Å². The van der Waals surface area contributed by atoms with E-state index < -0.39 is 10.0 Å². The van der Waals surface area contributed by atoms with Gasteiger partial charge in [-0.05, 0) is 68.4 Å². The molecule has 2 heterocycles. The first-order valence-electron chi connectivity index (χ1n) is 12.0. The van der Waals surface area contributed by atoms with Gasteiger partial charge in [0.1, 0.15) is 0 Å². The monoisotopic (exact) mass is 534 g/mol. The van der Waals surface area contributed by atoms with Crippen molar-refractivity contribution in [3.63, 3.8) is 0 Å². The molecule has 0 saturated carbocycles. The van der Waals surface area contributed by atoms with Crippen LogP contribution in [0.5, 0.6) is 0 Å². The number of piperidine rings is 1. The van der Waals surface area contributed by atoms with E-state index in [1.807, 2.05) is 12.1 Å². The summed E-state index contributed by atoms with van der Waals surface area (Å²) in [6.45, 7) is 8.23. The number of amides is 1. The van der Waals surface area contributed by atoms with Crippen LogP contribution in [-0.4, -0.2) is 67.8 Å². The zero-order chi connectivity index (χ0) is 25.0. The Balaban J connectivity index is 1.61. The van der Waals surface area contributed by atoms with E-state index >= 15 is 0 Å². The van der Waals surface area contributed by atoms with E-state index in [4.69, 9.17) is 16.6 Å². The van der Waals surface area contributed by atoms with Gasteiger partial charge in [0.05, 0.1) is 15.1 Å². The van der Waals surface area contributed by atoms with Gasteiger partial charge in [0.2, 0.25) is 10.0 Å². The Morgan fingerprint density at radius 2 is 1.71 bits per heavy atom. The highest BCUT2D eigenvalue weighted by atomic mass is 35.5. The number of sulfonamides is 1. The summed E-state index contributed by atoms with van der Waals surface area (Å²) in [5.74, 6) is -0.204. The summed E-state index contributed by atoms with van der Waals surface area (Å²) >= 11 is 7.58. The van der Waals surface area contributed by atoms with Crippen molar-refractivity contribution in [2.75, 3.05) is 44.2 Å². The van der Waals surface area contributed by atoms with E-state index in [1.165, 1.54) is 27.8 Å². The normalized spacial score (nSPS) is 15.1. The van der Waals surface area contributed by atoms with E-state index in [0.29, 0.717) is 41.9 Å². The van der Waals surface area contributed by atoms with Gasteiger partial charge in [-0.15, -0.1) is 0 Å². The number of anilines is 1. The summed E-state index contributed by atoms with van der Waals surface area (Å²) < 4.78 is 28.5. The number of halogens is 1. The molecule has 1 saturated heterocycles. The number of carbonyl (C=O) groups is 1. The Kier molecular flexibility index (Phi) is 8.44. The van der Waals surface area contributed by atoms with Gasteiger partial charge in [-0.3, -0.25) is 9.69 Å². The lowest BCUT2D eigenvalue weighted by Crippen LogP contribution is -2.39. The first-order valence-corrected chi connectivity index (χ1v) is 14.7. The van der Waals surface area contributed by atoms with E-state index in [-0.39, 0.29) is 10.8 Å². The Hall–Kier alpha value is -2.04. The highest BCUT2D eigenvalue weighted by molar-refractivity contribution is 7.89. The summed E-state index contributed by atoms with van der Waals surface area (Å²) in [4.78, 5) is 22.5. The van der Waals surface area contributed by atoms with E-state index in [0.717, 1.165) is 42.6 Å². The number of hydrogen-bond acceptors (Lipinski definition) is 6. The summed E-state index contributed by atoms with van der Waals surface area (Å²) in [7, 11) is -3.55. The number of nitrogens with zero attached hydrogens (tertiary/aromatic N) is 4. The predicted octanol–water partition coefficient (Wildman–Crippen LogP) is 5.11. The topological polar surface area (TPSA) is 73.8 Å². The lowest BCUT2D eigenvalue weighted by molar-refractivity contribution is 0.0983. The molecule has 1 aliphatic rings. The van der Waals surface area contributed by atoms with Crippen molar-refractivity contribution in [3.8, 4) is 0 Å². The quantitative estimate of drug-likeness (QED) is 0.381. The Morgan fingerprint density at radius 3 is 2.37 bits per heavy atom. The van der Waals surface area contributed by atoms with Crippen molar-refractivity contribution in [2.45, 2.75) is 38.0 Å². The third-order valence-corrected chi connectivity index (χ3v) is 9.59. The van der Waals surface area contributed by atoms with Crippen LogP contribution >= 0.6 is 22.9 Å². The van der Waals surface area contributed by atoms with Crippen LogP contribution in [-0.2, 0) is 10.0 Å². The minimum absolute atomic E-state index is 0.204. The van der Waals surface area contributed by atoms with Gasteiger partial charge in [-0.1, -0.05) is 43.2 Å². The van der Waals surface area contributed by atoms with Crippen LogP contribution in [0.4, 0.5) is 5.13 Å². The van der Waals surface area contributed by atoms with Crippen molar-refractivity contribution in [3.05, 3.63) is 53.1 Å². The second kappa shape index (κ2) is 11.3. The molecule has 35 heavy (non-hydrogen) atoms. The Labute approximate surface area is 216 Å². The van der Waals surface area contributed by atoms with Crippen molar-refractivity contribution in [2.24, 2.45) is 0 Å². The van der Waals surface area contributed by atoms with Crippen LogP contribution in [0.3, 0.4) is 0 Å². The maximum atomic E-state index is 13.6. The van der Waals surface area contributed by atoms with E-state index in [9.17, 15) is 13.2 Å². The highest BCUT2D eigenvalue weighted by Gasteiger charge is 2.27. The molecular formula is C25H31ClN4O3S2. The molecule has 0 bridgehead atoms. The van der Waals surface area contributed by atoms with Crippen molar-refractivity contribution in [1.29, 1.82) is 0 Å². The van der Waals surface area contributed by atoms with Gasteiger partial charge in [0.25, 0.3) is 5.91 Å². The fourth-order valence-electron chi connectivity index (χ4n) is 4.25. The molecule has 0 N–H and O–H groups in total. The minimum atomic E-state index is -3.55. The van der Waals surface area contributed by atoms with Gasteiger partial charge >= 0.3 is 0 Å². The second-order valence-corrected chi connectivity index (χ2v) is 12.0. The highest BCUT2D eigenvalue weighted by Crippen LogP contribution is 2.32. The number of benzene rings is 2. The molecular weight excluding hydrogens is 504 g/mol. The van der Waals surface area contributed by atoms with Crippen LogP contribution in [0.1, 0.15) is 43.5 Å². The fraction of sp³-hybridized carbons (Fsp3) is 0.440. The van der Waals surface area contributed by atoms with Gasteiger partial charge < -0.3 is 4.90 Å². The van der Waals surface area contributed by atoms with E-state index in [2.05, 4.69) is 18.7 Å². The molecule has 7 nitrogen and oxygen atoms in total. The molecule has 0 radical (unpaired) electrons. The average molecular weight is 535 g/mol. The van der Waals surface area contributed by atoms with Gasteiger partial charge in [0, 0.05) is 36.8 Å². The summed E-state index contributed by atoms with van der Waals surface area (Å²) in [6.07, 6.45) is 2.82. The third kappa shape index (κ3) is 5.86. The van der Waals surface area contributed by atoms with Gasteiger partial charge in [0.15, 0.2) is 5.13 Å². The molecule has 4 rings (SSSR count). The molecule has 0 spiro atoms. The molecule has 3 aromatic rings. The zero-order valence-electron chi connectivity index (χ0n) is 20.1. The SMILES string of the molecule is CCN(CC)CCN(C(=O)c1ccc(S(=O)(=O)N2CCCCC2)cc1)c1nc2ccc(Cl)cc2s1. The maximum Gasteiger partial charge on any atom is 0.260 e. The lowest BCUT2D eigenvalue weighted by atomic mass is 10.2.